The lowest BCUT2D eigenvalue weighted by Crippen LogP contribution is -1.91. The Hall–Kier alpha value is -1.77. The SMILES string of the molecule is COc1c(C)cccc1/C=C/C(=O)O. The Morgan fingerprint density at radius 3 is 2.79 bits per heavy atom. The summed E-state index contributed by atoms with van der Waals surface area (Å²) < 4.78 is 5.16. The number of rotatable bonds is 3. The van der Waals surface area contributed by atoms with Crippen LogP contribution in [0.15, 0.2) is 24.3 Å². The molecule has 1 aromatic rings. The number of carbonyl (C=O) groups is 1. The summed E-state index contributed by atoms with van der Waals surface area (Å²) in [6, 6.07) is 5.58. The van der Waals surface area contributed by atoms with Crippen LogP contribution in [-0.4, -0.2) is 18.2 Å². The van der Waals surface area contributed by atoms with Crippen LogP contribution >= 0.6 is 0 Å². The van der Waals surface area contributed by atoms with Gasteiger partial charge in [-0.2, -0.15) is 0 Å². The molecule has 0 radical (unpaired) electrons. The van der Waals surface area contributed by atoms with Gasteiger partial charge in [-0.3, -0.25) is 0 Å². The highest BCUT2D eigenvalue weighted by molar-refractivity contribution is 5.86. The van der Waals surface area contributed by atoms with Crippen molar-refractivity contribution in [2.24, 2.45) is 0 Å². The van der Waals surface area contributed by atoms with Crippen molar-refractivity contribution in [2.45, 2.75) is 6.92 Å². The minimum atomic E-state index is -0.964. The summed E-state index contributed by atoms with van der Waals surface area (Å²) >= 11 is 0. The summed E-state index contributed by atoms with van der Waals surface area (Å²) in [6.45, 7) is 1.91. The highest BCUT2D eigenvalue weighted by Crippen LogP contribution is 2.23. The number of aryl methyl sites for hydroxylation is 1. The van der Waals surface area contributed by atoms with Crippen molar-refractivity contribution in [3.63, 3.8) is 0 Å². The third kappa shape index (κ3) is 2.36. The van der Waals surface area contributed by atoms with Crippen LogP contribution in [0.3, 0.4) is 0 Å². The standard InChI is InChI=1S/C11H12O3/c1-8-4-3-5-9(11(8)14-2)6-7-10(12)13/h3-7H,1-2H3,(H,12,13)/b7-6+. The molecule has 0 amide bonds. The van der Waals surface area contributed by atoms with Gasteiger partial charge in [0, 0.05) is 11.6 Å². The Balaban J connectivity index is 3.08. The van der Waals surface area contributed by atoms with Gasteiger partial charge in [0.1, 0.15) is 5.75 Å². The predicted octanol–water partition coefficient (Wildman–Crippen LogP) is 2.10. The number of aliphatic carboxylic acids is 1. The van der Waals surface area contributed by atoms with Crippen LogP contribution in [0.4, 0.5) is 0 Å². The van der Waals surface area contributed by atoms with E-state index in [0.717, 1.165) is 17.2 Å². The average molecular weight is 192 g/mol. The zero-order valence-corrected chi connectivity index (χ0v) is 8.15. The van der Waals surface area contributed by atoms with Gasteiger partial charge in [-0.05, 0) is 18.6 Å². The van der Waals surface area contributed by atoms with Crippen molar-refractivity contribution in [2.75, 3.05) is 7.11 Å². The Kier molecular flexibility index (Phi) is 3.29. The molecule has 14 heavy (non-hydrogen) atoms. The van der Waals surface area contributed by atoms with Crippen LogP contribution < -0.4 is 4.74 Å². The summed E-state index contributed by atoms with van der Waals surface area (Å²) in [4.78, 5) is 10.3. The van der Waals surface area contributed by atoms with E-state index in [9.17, 15) is 4.79 Å². The molecule has 3 nitrogen and oxygen atoms in total. The maximum atomic E-state index is 10.3. The van der Waals surface area contributed by atoms with Gasteiger partial charge in [0.2, 0.25) is 0 Å². The molecular formula is C11H12O3. The molecule has 0 fully saturated rings. The second-order valence-corrected chi connectivity index (χ2v) is 2.87. The number of carboxylic acids is 1. The zero-order chi connectivity index (χ0) is 10.6. The molecule has 3 heteroatoms. The summed E-state index contributed by atoms with van der Waals surface area (Å²) in [5.74, 6) is -0.251. The molecule has 0 saturated carbocycles. The van der Waals surface area contributed by atoms with E-state index in [4.69, 9.17) is 9.84 Å². The Labute approximate surface area is 82.6 Å². The molecule has 0 bridgehead atoms. The van der Waals surface area contributed by atoms with Crippen LogP contribution in [0.25, 0.3) is 6.08 Å². The highest BCUT2D eigenvalue weighted by Gasteiger charge is 2.02. The topological polar surface area (TPSA) is 46.5 Å². The van der Waals surface area contributed by atoms with E-state index in [1.165, 1.54) is 6.08 Å². The van der Waals surface area contributed by atoms with Gasteiger partial charge >= 0.3 is 5.97 Å². The first-order chi connectivity index (χ1) is 6.65. The quantitative estimate of drug-likeness (QED) is 0.746. The Morgan fingerprint density at radius 2 is 2.21 bits per heavy atom. The molecule has 0 atom stereocenters. The first-order valence-electron chi connectivity index (χ1n) is 4.19. The molecule has 1 N–H and O–H groups in total. The van der Waals surface area contributed by atoms with Gasteiger partial charge in [-0.25, -0.2) is 4.79 Å². The molecular weight excluding hydrogens is 180 g/mol. The van der Waals surface area contributed by atoms with Crippen LogP contribution in [0.2, 0.25) is 0 Å². The predicted molar refractivity (Wildman–Crippen MR) is 54.4 cm³/mol. The Morgan fingerprint density at radius 1 is 1.50 bits per heavy atom. The monoisotopic (exact) mass is 192 g/mol. The van der Waals surface area contributed by atoms with Gasteiger partial charge in [0.05, 0.1) is 7.11 Å². The van der Waals surface area contributed by atoms with Crippen molar-refractivity contribution in [3.8, 4) is 5.75 Å². The first-order valence-corrected chi connectivity index (χ1v) is 4.19. The van der Waals surface area contributed by atoms with Crippen LogP contribution in [0.5, 0.6) is 5.75 Å². The maximum Gasteiger partial charge on any atom is 0.328 e. The number of para-hydroxylation sites is 1. The summed E-state index contributed by atoms with van der Waals surface area (Å²) in [7, 11) is 1.57. The number of methoxy groups -OCH3 is 1. The molecule has 0 aromatic heterocycles. The molecule has 1 aromatic carbocycles. The number of hydrogen-bond donors (Lipinski definition) is 1. The van der Waals surface area contributed by atoms with Gasteiger partial charge in [0.25, 0.3) is 0 Å². The second-order valence-electron chi connectivity index (χ2n) is 2.87. The van der Waals surface area contributed by atoms with Crippen molar-refractivity contribution in [3.05, 3.63) is 35.4 Å². The molecule has 74 valence electrons. The normalized spacial score (nSPS) is 10.4. The summed E-state index contributed by atoms with van der Waals surface area (Å²) in [5, 5.41) is 8.48. The number of carboxylic acid groups (broad SMARTS) is 1. The van der Waals surface area contributed by atoms with E-state index in [0.29, 0.717) is 5.75 Å². The molecule has 0 aliphatic carbocycles. The molecule has 0 aliphatic rings. The third-order valence-electron chi connectivity index (χ3n) is 1.85. The van der Waals surface area contributed by atoms with Crippen molar-refractivity contribution in [1.82, 2.24) is 0 Å². The zero-order valence-electron chi connectivity index (χ0n) is 8.15. The molecule has 0 unspecified atom stereocenters. The lowest BCUT2D eigenvalue weighted by molar-refractivity contribution is -0.131. The van der Waals surface area contributed by atoms with Crippen LogP contribution in [0.1, 0.15) is 11.1 Å². The fraction of sp³-hybridized carbons (Fsp3) is 0.182. The smallest absolute Gasteiger partial charge is 0.328 e. The average Bonchev–Trinajstić information content (AvgIpc) is 2.14. The van der Waals surface area contributed by atoms with E-state index in [1.54, 1.807) is 7.11 Å². The van der Waals surface area contributed by atoms with Gasteiger partial charge in [0.15, 0.2) is 0 Å². The largest absolute Gasteiger partial charge is 0.496 e. The molecule has 0 spiro atoms. The lowest BCUT2D eigenvalue weighted by atomic mass is 10.1. The Bertz CT molecular complexity index is 367. The van der Waals surface area contributed by atoms with E-state index in [-0.39, 0.29) is 0 Å². The van der Waals surface area contributed by atoms with E-state index in [2.05, 4.69) is 0 Å². The van der Waals surface area contributed by atoms with Gasteiger partial charge < -0.3 is 9.84 Å². The van der Waals surface area contributed by atoms with Gasteiger partial charge in [-0.15, -0.1) is 0 Å². The minimum absolute atomic E-state index is 0.713. The fourth-order valence-corrected chi connectivity index (χ4v) is 1.25. The first kappa shape index (κ1) is 10.3. The number of benzene rings is 1. The van der Waals surface area contributed by atoms with Crippen LogP contribution in [0, 0.1) is 6.92 Å². The highest BCUT2D eigenvalue weighted by atomic mass is 16.5. The molecule has 0 aliphatic heterocycles. The minimum Gasteiger partial charge on any atom is -0.496 e. The number of hydrogen-bond acceptors (Lipinski definition) is 2. The van der Waals surface area contributed by atoms with Crippen molar-refractivity contribution in [1.29, 1.82) is 0 Å². The van der Waals surface area contributed by atoms with Crippen molar-refractivity contribution >= 4 is 12.0 Å². The van der Waals surface area contributed by atoms with Crippen molar-refractivity contribution < 1.29 is 14.6 Å². The summed E-state index contributed by atoms with van der Waals surface area (Å²) in [6.07, 6.45) is 2.62. The lowest BCUT2D eigenvalue weighted by Gasteiger charge is -2.07. The number of ether oxygens (including phenoxy) is 1. The molecule has 0 heterocycles. The van der Waals surface area contributed by atoms with Gasteiger partial charge in [-0.1, -0.05) is 18.2 Å². The second kappa shape index (κ2) is 4.46. The third-order valence-corrected chi connectivity index (χ3v) is 1.85. The molecule has 1 rings (SSSR count). The molecule has 0 saturated heterocycles. The summed E-state index contributed by atoms with van der Waals surface area (Å²) in [5.41, 5.74) is 1.76. The van der Waals surface area contributed by atoms with E-state index >= 15 is 0 Å². The van der Waals surface area contributed by atoms with E-state index < -0.39 is 5.97 Å². The fourth-order valence-electron chi connectivity index (χ4n) is 1.25. The van der Waals surface area contributed by atoms with E-state index in [1.807, 2.05) is 25.1 Å². The maximum absolute atomic E-state index is 10.3. The van der Waals surface area contributed by atoms with Crippen LogP contribution in [-0.2, 0) is 4.79 Å².